The third kappa shape index (κ3) is 1.80. The van der Waals surface area contributed by atoms with Gasteiger partial charge >= 0.3 is 0 Å². The average Bonchev–Trinajstić information content (AvgIpc) is 2.15. The van der Waals surface area contributed by atoms with E-state index in [1.54, 1.807) is 0 Å². The molecule has 0 spiro atoms. The molecular formula is C11H21BrN+. The van der Waals surface area contributed by atoms with Crippen LogP contribution >= 0.6 is 15.9 Å². The maximum atomic E-state index is 3.69. The molecule has 2 heteroatoms. The molecule has 2 aliphatic heterocycles. The molecule has 0 amide bonds. The Morgan fingerprint density at radius 1 is 1.15 bits per heavy atom. The number of quaternary nitrogens is 1. The summed E-state index contributed by atoms with van der Waals surface area (Å²) in [5.41, 5.74) is 0. The van der Waals surface area contributed by atoms with Crippen LogP contribution in [0.4, 0.5) is 0 Å². The van der Waals surface area contributed by atoms with Gasteiger partial charge in [-0.25, -0.2) is 0 Å². The van der Waals surface area contributed by atoms with Crippen LogP contribution < -0.4 is 0 Å². The lowest BCUT2D eigenvalue weighted by atomic mass is 9.83. The molecule has 2 rings (SSSR count). The van der Waals surface area contributed by atoms with Gasteiger partial charge in [0.1, 0.15) is 0 Å². The Balaban J connectivity index is 2.11. The molecule has 0 aliphatic carbocycles. The van der Waals surface area contributed by atoms with E-state index in [9.17, 15) is 0 Å². The maximum Gasteiger partial charge on any atom is 0.0924 e. The Labute approximate surface area is 90.2 Å². The van der Waals surface area contributed by atoms with Gasteiger partial charge in [-0.05, 0) is 32.1 Å². The van der Waals surface area contributed by atoms with E-state index in [-0.39, 0.29) is 0 Å². The standard InChI is InChI=1S/C11H21BrN/c1-13-7-3-2-6-11(13)10(9-12)5-4-8-13/h10-11H,2-9H2,1H3/q+1/t10-,11+,13?/m0/s1. The molecule has 0 aromatic carbocycles. The quantitative estimate of drug-likeness (QED) is 0.493. The summed E-state index contributed by atoms with van der Waals surface area (Å²) in [5, 5.41) is 1.23. The molecule has 2 fully saturated rings. The first-order valence-corrected chi connectivity index (χ1v) is 6.78. The Kier molecular flexibility index (Phi) is 2.99. The summed E-state index contributed by atoms with van der Waals surface area (Å²) >= 11 is 3.69. The van der Waals surface area contributed by atoms with E-state index in [4.69, 9.17) is 0 Å². The molecule has 2 aliphatic rings. The van der Waals surface area contributed by atoms with Gasteiger partial charge in [0.2, 0.25) is 0 Å². The van der Waals surface area contributed by atoms with E-state index in [1.807, 2.05) is 0 Å². The van der Waals surface area contributed by atoms with Crippen LogP contribution in [0.25, 0.3) is 0 Å². The molecule has 0 bridgehead atoms. The lowest BCUT2D eigenvalue weighted by Crippen LogP contribution is -2.61. The second-order valence-electron chi connectivity index (χ2n) is 5.05. The summed E-state index contributed by atoms with van der Waals surface area (Å²) in [6.45, 7) is 2.88. The Morgan fingerprint density at radius 2 is 1.92 bits per heavy atom. The highest BCUT2D eigenvalue weighted by molar-refractivity contribution is 9.09. The van der Waals surface area contributed by atoms with Crippen LogP contribution in [0.1, 0.15) is 32.1 Å². The first-order chi connectivity index (χ1) is 6.26. The molecule has 2 heterocycles. The van der Waals surface area contributed by atoms with Crippen molar-refractivity contribution >= 4 is 15.9 Å². The van der Waals surface area contributed by atoms with Crippen molar-refractivity contribution in [1.82, 2.24) is 0 Å². The van der Waals surface area contributed by atoms with Gasteiger partial charge < -0.3 is 4.48 Å². The van der Waals surface area contributed by atoms with Crippen molar-refractivity contribution in [2.75, 3.05) is 25.5 Å². The minimum absolute atomic E-state index is 0.957. The van der Waals surface area contributed by atoms with Gasteiger partial charge in [0.15, 0.2) is 0 Å². The fraction of sp³-hybridized carbons (Fsp3) is 1.00. The van der Waals surface area contributed by atoms with E-state index < -0.39 is 0 Å². The van der Waals surface area contributed by atoms with Gasteiger partial charge in [-0.2, -0.15) is 0 Å². The van der Waals surface area contributed by atoms with Crippen molar-refractivity contribution in [2.45, 2.75) is 38.1 Å². The normalized spacial score (nSPS) is 45.7. The third-order valence-electron chi connectivity index (χ3n) is 4.21. The molecule has 3 atom stereocenters. The molecule has 0 aromatic heterocycles. The van der Waals surface area contributed by atoms with Crippen LogP contribution in [-0.4, -0.2) is 36.0 Å². The zero-order chi connectivity index (χ0) is 9.31. The number of piperidine rings is 2. The van der Waals surface area contributed by atoms with Gasteiger partial charge in [0.25, 0.3) is 0 Å². The van der Waals surface area contributed by atoms with Gasteiger partial charge in [0, 0.05) is 11.2 Å². The molecule has 76 valence electrons. The van der Waals surface area contributed by atoms with Crippen molar-refractivity contribution in [2.24, 2.45) is 5.92 Å². The topological polar surface area (TPSA) is 0 Å². The second-order valence-corrected chi connectivity index (χ2v) is 5.69. The molecule has 0 aromatic rings. The highest BCUT2D eigenvalue weighted by atomic mass is 79.9. The SMILES string of the molecule is C[N+]12CCCC[C@@H]1[C@H](CBr)CCC2. The summed E-state index contributed by atoms with van der Waals surface area (Å²) in [6, 6.07) is 0.974. The number of fused-ring (bicyclic) bond motifs is 1. The highest BCUT2D eigenvalue weighted by Gasteiger charge is 2.42. The number of hydrogen-bond acceptors (Lipinski definition) is 0. The lowest BCUT2D eigenvalue weighted by Gasteiger charge is -2.51. The van der Waals surface area contributed by atoms with Crippen molar-refractivity contribution in [3.05, 3.63) is 0 Å². The summed E-state index contributed by atoms with van der Waals surface area (Å²) in [5.74, 6) is 0.957. The number of rotatable bonds is 1. The summed E-state index contributed by atoms with van der Waals surface area (Å²) < 4.78 is 1.39. The summed E-state index contributed by atoms with van der Waals surface area (Å²) in [7, 11) is 2.48. The smallest absolute Gasteiger partial charge is 0.0924 e. The number of halogens is 1. The van der Waals surface area contributed by atoms with Crippen LogP contribution in [0.5, 0.6) is 0 Å². The third-order valence-corrected chi connectivity index (χ3v) is 5.04. The van der Waals surface area contributed by atoms with Gasteiger partial charge in [-0.15, -0.1) is 0 Å². The van der Waals surface area contributed by atoms with Crippen LogP contribution in [0, 0.1) is 5.92 Å². The van der Waals surface area contributed by atoms with Crippen LogP contribution in [-0.2, 0) is 0 Å². The number of nitrogens with zero attached hydrogens (tertiary/aromatic N) is 1. The zero-order valence-corrected chi connectivity index (χ0v) is 10.2. The van der Waals surface area contributed by atoms with Crippen LogP contribution in [0.2, 0.25) is 0 Å². The van der Waals surface area contributed by atoms with Gasteiger partial charge in [-0.1, -0.05) is 15.9 Å². The molecular weight excluding hydrogens is 226 g/mol. The monoisotopic (exact) mass is 246 g/mol. The first-order valence-electron chi connectivity index (χ1n) is 5.66. The molecule has 0 saturated carbocycles. The van der Waals surface area contributed by atoms with Crippen molar-refractivity contribution in [3.63, 3.8) is 0 Å². The van der Waals surface area contributed by atoms with E-state index >= 15 is 0 Å². The van der Waals surface area contributed by atoms with E-state index in [0.29, 0.717) is 0 Å². The van der Waals surface area contributed by atoms with Crippen molar-refractivity contribution in [3.8, 4) is 0 Å². The minimum Gasteiger partial charge on any atom is -0.323 e. The average molecular weight is 247 g/mol. The van der Waals surface area contributed by atoms with E-state index in [1.165, 1.54) is 55.0 Å². The molecule has 1 unspecified atom stereocenters. The second kappa shape index (κ2) is 3.90. The van der Waals surface area contributed by atoms with Crippen LogP contribution in [0.3, 0.4) is 0 Å². The molecule has 13 heavy (non-hydrogen) atoms. The van der Waals surface area contributed by atoms with Gasteiger partial charge in [0.05, 0.1) is 26.2 Å². The van der Waals surface area contributed by atoms with Gasteiger partial charge in [-0.3, -0.25) is 0 Å². The van der Waals surface area contributed by atoms with Crippen LogP contribution in [0.15, 0.2) is 0 Å². The zero-order valence-electron chi connectivity index (χ0n) is 8.64. The maximum absolute atomic E-state index is 3.69. The minimum atomic E-state index is 0.957. The Hall–Kier alpha value is 0.440. The Bertz CT molecular complexity index is 179. The van der Waals surface area contributed by atoms with Crippen molar-refractivity contribution in [1.29, 1.82) is 0 Å². The molecule has 0 radical (unpaired) electrons. The summed E-state index contributed by atoms with van der Waals surface area (Å²) in [6.07, 6.45) is 7.32. The van der Waals surface area contributed by atoms with E-state index in [0.717, 1.165) is 12.0 Å². The van der Waals surface area contributed by atoms with Crippen molar-refractivity contribution < 1.29 is 4.48 Å². The van der Waals surface area contributed by atoms with E-state index in [2.05, 4.69) is 23.0 Å². The summed E-state index contributed by atoms with van der Waals surface area (Å²) in [4.78, 5) is 0. The molecule has 1 nitrogen and oxygen atoms in total. The largest absolute Gasteiger partial charge is 0.323 e. The Morgan fingerprint density at radius 3 is 2.69 bits per heavy atom. The predicted octanol–water partition coefficient (Wildman–Crippen LogP) is 2.79. The highest BCUT2D eigenvalue weighted by Crippen LogP contribution is 2.36. The number of alkyl halides is 1. The molecule has 2 saturated heterocycles. The lowest BCUT2D eigenvalue weighted by molar-refractivity contribution is -0.946. The fourth-order valence-electron chi connectivity index (χ4n) is 3.41. The fourth-order valence-corrected chi connectivity index (χ4v) is 4.17. The predicted molar refractivity (Wildman–Crippen MR) is 60.1 cm³/mol. The molecule has 0 N–H and O–H groups in total. The number of hydrogen-bond donors (Lipinski definition) is 0. The first kappa shape index (κ1) is 9.97.